The number of halogens is 2. The van der Waals surface area contributed by atoms with Crippen LogP contribution in [0.3, 0.4) is 0 Å². The van der Waals surface area contributed by atoms with E-state index >= 15 is 4.79 Å². The largest absolute Gasteiger partial charge is 0.494 e. The molecule has 0 radical (unpaired) electrons. The predicted octanol–water partition coefficient (Wildman–Crippen LogP) is 10.4. The number of carbonyl (C=O) groups excluding carboxylic acids is 1. The molecule has 0 bridgehead atoms. The zero-order valence-electron chi connectivity index (χ0n) is 33.0. The van der Waals surface area contributed by atoms with Crippen molar-refractivity contribution in [2.24, 2.45) is 7.05 Å². The Morgan fingerprint density at radius 1 is 0.982 bits per heavy atom. The average Bonchev–Trinajstić information content (AvgIpc) is 3.83. The fourth-order valence-corrected chi connectivity index (χ4v) is 9.12. The third kappa shape index (κ3) is 6.26. The van der Waals surface area contributed by atoms with Gasteiger partial charge >= 0.3 is 5.97 Å². The number of rotatable bonds is 10. The lowest BCUT2D eigenvalue weighted by Gasteiger charge is -2.39. The lowest BCUT2D eigenvalue weighted by molar-refractivity contribution is 0.0684. The molecule has 1 N–H and O–H groups in total. The first kappa shape index (κ1) is 38.3. The van der Waals surface area contributed by atoms with E-state index in [-0.39, 0.29) is 11.6 Å². The van der Waals surface area contributed by atoms with Crippen LogP contribution >= 0.6 is 23.2 Å². The van der Waals surface area contributed by atoms with E-state index in [1.54, 1.807) is 21.7 Å². The number of hydrogen-bond donors (Lipinski definition) is 1. The van der Waals surface area contributed by atoms with Crippen LogP contribution in [0.5, 0.6) is 5.75 Å². The number of carbonyl (C=O) groups is 2. The number of benzene rings is 3. The number of anilines is 1. The highest BCUT2D eigenvalue weighted by Gasteiger charge is 2.42. The molecule has 8 rings (SSSR count). The van der Waals surface area contributed by atoms with Crippen molar-refractivity contribution in [3.8, 4) is 16.9 Å². The molecule has 10 nitrogen and oxygen atoms in total. The van der Waals surface area contributed by atoms with E-state index in [4.69, 9.17) is 33.0 Å². The maximum atomic E-state index is 15.5. The lowest BCUT2D eigenvalue weighted by Crippen LogP contribution is -2.48. The molecule has 1 aliphatic rings. The molecule has 292 valence electrons. The number of carboxylic acid groups (broad SMARTS) is 1. The van der Waals surface area contributed by atoms with Gasteiger partial charge in [0.15, 0.2) is 0 Å². The van der Waals surface area contributed by atoms with E-state index in [9.17, 15) is 9.90 Å². The second kappa shape index (κ2) is 14.7. The highest BCUT2D eigenvalue weighted by atomic mass is 35.5. The van der Waals surface area contributed by atoms with Crippen LogP contribution in [0.4, 0.5) is 5.69 Å². The number of hydrogen-bond acceptors (Lipinski definition) is 5. The zero-order chi connectivity index (χ0) is 40.4. The number of carboxylic acids is 1. The molecule has 57 heavy (non-hydrogen) atoms. The van der Waals surface area contributed by atoms with Crippen molar-refractivity contribution in [1.82, 2.24) is 23.9 Å². The molecule has 12 heteroatoms. The molecule has 0 spiro atoms. The van der Waals surface area contributed by atoms with Gasteiger partial charge in [-0.05, 0) is 107 Å². The summed E-state index contributed by atoms with van der Waals surface area (Å²) < 4.78 is 12.0. The van der Waals surface area contributed by atoms with Crippen LogP contribution in [0.25, 0.3) is 32.9 Å². The molecule has 2 unspecified atom stereocenters. The third-order valence-corrected chi connectivity index (χ3v) is 12.6. The van der Waals surface area contributed by atoms with Crippen LogP contribution in [0.15, 0.2) is 79.0 Å². The summed E-state index contributed by atoms with van der Waals surface area (Å²) in [6.45, 7) is 12.4. The Morgan fingerprint density at radius 2 is 1.72 bits per heavy atom. The molecular formula is C45H44Cl2N6O4. The standard InChI is InChI=1S/C45H44Cl2N6O4/c1-24-21-31(22-25(2)39(24)46)57-20-12-16-33-32-14-11-15-34(38-26(3)49-50(7)28(38)5)41(32)52-29(6)43(47)53(44(54)42(33)52)36-18-10-13-30-23-37(45(55)56)51(40(30)36)27(4)35-17-8-9-19-48-35/h8-11,13-15,17-19,21-23,27,29,43H,12,16,20H2,1-7H3,(H,55,56)/t27?,29?,43-/m0/s1. The zero-order valence-corrected chi connectivity index (χ0v) is 34.5. The van der Waals surface area contributed by atoms with Crippen LogP contribution in [0, 0.1) is 27.7 Å². The Morgan fingerprint density at radius 3 is 2.39 bits per heavy atom. The van der Waals surface area contributed by atoms with Gasteiger partial charge in [0.1, 0.15) is 22.6 Å². The molecule has 3 aromatic carbocycles. The van der Waals surface area contributed by atoms with Gasteiger partial charge < -0.3 is 19.0 Å². The monoisotopic (exact) mass is 802 g/mol. The van der Waals surface area contributed by atoms with Crippen LogP contribution in [-0.4, -0.2) is 53.0 Å². The minimum atomic E-state index is -1.08. The van der Waals surface area contributed by atoms with Crippen molar-refractivity contribution in [2.75, 3.05) is 11.5 Å². The molecule has 1 aliphatic heterocycles. The summed E-state index contributed by atoms with van der Waals surface area (Å²) in [7, 11) is 1.94. The van der Waals surface area contributed by atoms with Gasteiger partial charge in [-0.1, -0.05) is 59.6 Å². The number of amides is 1. The number of nitrogens with zero attached hydrogens (tertiary/aromatic N) is 6. The van der Waals surface area contributed by atoms with E-state index in [0.717, 1.165) is 60.9 Å². The van der Waals surface area contributed by atoms with Crippen molar-refractivity contribution in [3.63, 3.8) is 0 Å². The van der Waals surface area contributed by atoms with Gasteiger partial charge in [-0.15, -0.1) is 0 Å². The number of fused-ring (bicyclic) bond motifs is 4. The molecule has 5 heterocycles. The topological polar surface area (TPSA) is 107 Å². The number of para-hydroxylation sites is 2. The number of alkyl halides is 1. The van der Waals surface area contributed by atoms with Crippen molar-refractivity contribution in [1.29, 1.82) is 0 Å². The van der Waals surface area contributed by atoms with Crippen LogP contribution in [-0.2, 0) is 13.5 Å². The first-order chi connectivity index (χ1) is 27.3. The van der Waals surface area contributed by atoms with E-state index in [1.807, 2.05) is 101 Å². The van der Waals surface area contributed by atoms with Gasteiger partial charge in [-0.3, -0.25) is 19.4 Å². The average molecular weight is 804 g/mol. The fourth-order valence-electron chi connectivity index (χ4n) is 8.71. The van der Waals surface area contributed by atoms with Crippen molar-refractivity contribution < 1.29 is 19.4 Å². The molecule has 0 fully saturated rings. The first-order valence-corrected chi connectivity index (χ1v) is 19.9. The quantitative estimate of drug-likeness (QED) is 0.0838. The van der Waals surface area contributed by atoms with E-state index in [2.05, 4.69) is 28.6 Å². The van der Waals surface area contributed by atoms with Crippen LogP contribution in [0.1, 0.15) is 87.1 Å². The number of aromatic nitrogens is 5. The van der Waals surface area contributed by atoms with E-state index in [1.165, 1.54) is 0 Å². The molecule has 0 saturated carbocycles. The van der Waals surface area contributed by atoms with E-state index in [0.29, 0.717) is 47.4 Å². The van der Waals surface area contributed by atoms with Crippen LogP contribution < -0.4 is 9.64 Å². The summed E-state index contributed by atoms with van der Waals surface area (Å²) in [5, 5.41) is 17.6. The highest BCUT2D eigenvalue weighted by Crippen LogP contribution is 2.46. The molecule has 4 aromatic heterocycles. The number of ether oxygens (including phenoxy) is 1. The van der Waals surface area contributed by atoms with Gasteiger partial charge in [-0.2, -0.15) is 5.10 Å². The van der Waals surface area contributed by atoms with Crippen molar-refractivity contribution in [2.45, 2.75) is 72.0 Å². The van der Waals surface area contributed by atoms with E-state index < -0.39 is 23.6 Å². The Kier molecular flexibility index (Phi) is 9.90. The van der Waals surface area contributed by atoms with Crippen LogP contribution in [0.2, 0.25) is 5.02 Å². The Labute approximate surface area is 341 Å². The normalized spacial score (nSPS) is 16.1. The maximum Gasteiger partial charge on any atom is 0.352 e. The van der Waals surface area contributed by atoms with Crippen molar-refractivity contribution in [3.05, 3.63) is 129 Å². The minimum Gasteiger partial charge on any atom is -0.494 e. The fraction of sp³-hybridized carbons (Fsp3) is 0.289. The number of aryl methyl sites for hydroxylation is 5. The molecular weight excluding hydrogens is 759 g/mol. The van der Waals surface area contributed by atoms with Gasteiger partial charge in [0, 0.05) is 45.9 Å². The van der Waals surface area contributed by atoms with Gasteiger partial charge in [0.2, 0.25) is 0 Å². The predicted molar refractivity (Wildman–Crippen MR) is 226 cm³/mol. The van der Waals surface area contributed by atoms with Gasteiger partial charge in [0.05, 0.1) is 46.8 Å². The molecule has 3 atom stereocenters. The second-order valence-corrected chi connectivity index (χ2v) is 15.9. The summed E-state index contributed by atoms with van der Waals surface area (Å²) in [6.07, 6.45) is 2.88. The molecule has 0 aliphatic carbocycles. The SMILES string of the molecule is Cc1cc(OCCCc2c3n(c4c(-c5c(C)nn(C)c5C)cccc24)C(C)[C@@H](Cl)N(c2cccc4cc(C(=O)O)n(C(C)c5ccccn5)c24)C3=O)cc(C)c1Cl. The van der Waals surface area contributed by atoms with Crippen molar-refractivity contribution >= 4 is 62.6 Å². The molecule has 1 amide bonds. The second-order valence-electron chi connectivity index (χ2n) is 15.0. The summed E-state index contributed by atoms with van der Waals surface area (Å²) in [6, 6.07) is 22.0. The Balaban J connectivity index is 1.30. The summed E-state index contributed by atoms with van der Waals surface area (Å²) in [5.41, 5.74) is 9.26. The smallest absolute Gasteiger partial charge is 0.352 e. The van der Waals surface area contributed by atoms with Gasteiger partial charge in [-0.25, -0.2) is 4.79 Å². The Bertz CT molecular complexity index is 2710. The summed E-state index contributed by atoms with van der Waals surface area (Å²) in [4.78, 5) is 34.5. The molecule has 7 aromatic rings. The number of pyridine rings is 1. The summed E-state index contributed by atoms with van der Waals surface area (Å²) >= 11 is 13.9. The minimum absolute atomic E-state index is 0.0898. The lowest BCUT2D eigenvalue weighted by atomic mass is 9.98. The maximum absolute atomic E-state index is 15.5. The Hall–Kier alpha value is -5.58. The highest BCUT2D eigenvalue weighted by molar-refractivity contribution is 6.32. The number of aromatic carboxylic acids is 1. The third-order valence-electron chi connectivity index (χ3n) is 11.5. The summed E-state index contributed by atoms with van der Waals surface area (Å²) in [5.74, 6) is -0.597. The molecule has 0 saturated heterocycles. The first-order valence-electron chi connectivity index (χ1n) is 19.1. The van der Waals surface area contributed by atoms with Gasteiger partial charge in [0.25, 0.3) is 5.91 Å².